The minimum atomic E-state index is 0.146. The van der Waals surface area contributed by atoms with Crippen molar-refractivity contribution in [1.29, 1.82) is 0 Å². The maximum absolute atomic E-state index is 11.5. The summed E-state index contributed by atoms with van der Waals surface area (Å²) in [6.45, 7) is 8.18. The van der Waals surface area contributed by atoms with Crippen molar-refractivity contribution in [3.05, 3.63) is 21.4 Å². The summed E-state index contributed by atoms with van der Waals surface area (Å²) in [6, 6.07) is 2.18. The fourth-order valence-corrected chi connectivity index (χ4v) is 2.36. The van der Waals surface area contributed by atoms with Crippen molar-refractivity contribution < 1.29 is 4.79 Å². The molecule has 16 heavy (non-hydrogen) atoms. The minimum absolute atomic E-state index is 0.146. The molecule has 0 saturated carbocycles. The molecule has 1 aromatic rings. The predicted molar refractivity (Wildman–Crippen MR) is 68.8 cm³/mol. The molecule has 0 aliphatic carbocycles. The monoisotopic (exact) mass is 240 g/mol. The van der Waals surface area contributed by atoms with Crippen LogP contribution in [0.4, 0.5) is 0 Å². The average Bonchev–Trinajstić information content (AvgIpc) is 2.57. The van der Waals surface area contributed by atoms with Crippen LogP contribution in [-0.4, -0.2) is 30.9 Å². The maximum Gasteiger partial charge on any atom is 0.236 e. The SMILES string of the molecule is CCN(C)C(=O)CNCc1cc(C)c(C)s1. The normalized spacial score (nSPS) is 10.5. The molecule has 1 heterocycles. The van der Waals surface area contributed by atoms with Crippen LogP contribution in [0.3, 0.4) is 0 Å². The van der Waals surface area contributed by atoms with Gasteiger partial charge in [0.15, 0.2) is 0 Å². The Morgan fingerprint density at radius 2 is 2.19 bits per heavy atom. The predicted octanol–water partition coefficient (Wildman–Crippen LogP) is 1.93. The lowest BCUT2D eigenvalue weighted by molar-refractivity contribution is -0.128. The molecular weight excluding hydrogens is 220 g/mol. The molecule has 1 rings (SSSR count). The van der Waals surface area contributed by atoms with Gasteiger partial charge in [-0.3, -0.25) is 4.79 Å². The number of aryl methyl sites for hydroxylation is 2. The van der Waals surface area contributed by atoms with Gasteiger partial charge in [-0.1, -0.05) is 0 Å². The number of thiophene rings is 1. The number of hydrogen-bond donors (Lipinski definition) is 1. The summed E-state index contributed by atoms with van der Waals surface area (Å²) < 4.78 is 0. The van der Waals surface area contributed by atoms with Crippen molar-refractivity contribution in [3.63, 3.8) is 0 Å². The van der Waals surface area contributed by atoms with E-state index in [1.165, 1.54) is 15.3 Å². The van der Waals surface area contributed by atoms with Crippen LogP contribution in [0.5, 0.6) is 0 Å². The first-order chi connectivity index (χ1) is 7.54. The summed E-state index contributed by atoms with van der Waals surface area (Å²) in [4.78, 5) is 15.9. The van der Waals surface area contributed by atoms with E-state index in [1.54, 1.807) is 16.2 Å². The van der Waals surface area contributed by atoms with Crippen LogP contribution < -0.4 is 5.32 Å². The van der Waals surface area contributed by atoms with Crippen LogP contribution in [0.1, 0.15) is 22.2 Å². The molecule has 90 valence electrons. The number of amides is 1. The van der Waals surface area contributed by atoms with Gasteiger partial charge >= 0.3 is 0 Å². The third-order valence-corrected chi connectivity index (χ3v) is 3.85. The largest absolute Gasteiger partial charge is 0.345 e. The van der Waals surface area contributed by atoms with Crippen LogP contribution in [0, 0.1) is 13.8 Å². The highest BCUT2D eigenvalue weighted by Gasteiger charge is 2.06. The van der Waals surface area contributed by atoms with Crippen LogP contribution in [0.25, 0.3) is 0 Å². The number of hydrogen-bond acceptors (Lipinski definition) is 3. The second-order valence-corrected chi connectivity index (χ2v) is 5.30. The maximum atomic E-state index is 11.5. The standard InChI is InChI=1S/C12H20N2OS/c1-5-14(4)12(15)8-13-7-11-6-9(2)10(3)16-11/h6,13H,5,7-8H2,1-4H3. The quantitative estimate of drug-likeness (QED) is 0.853. The Morgan fingerprint density at radius 1 is 1.50 bits per heavy atom. The van der Waals surface area contributed by atoms with E-state index in [2.05, 4.69) is 25.2 Å². The highest BCUT2D eigenvalue weighted by atomic mass is 32.1. The van der Waals surface area contributed by atoms with Gasteiger partial charge < -0.3 is 10.2 Å². The first kappa shape index (κ1) is 13.2. The van der Waals surface area contributed by atoms with Crippen LogP contribution >= 0.6 is 11.3 Å². The van der Waals surface area contributed by atoms with E-state index in [0.717, 1.165) is 13.1 Å². The highest BCUT2D eigenvalue weighted by molar-refractivity contribution is 7.12. The summed E-state index contributed by atoms with van der Waals surface area (Å²) in [6.07, 6.45) is 0. The van der Waals surface area contributed by atoms with Gasteiger partial charge in [-0.15, -0.1) is 11.3 Å². The molecule has 0 bridgehead atoms. The number of carbonyl (C=O) groups is 1. The number of nitrogens with zero attached hydrogens (tertiary/aromatic N) is 1. The molecule has 4 heteroatoms. The van der Waals surface area contributed by atoms with Gasteiger partial charge in [0.1, 0.15) is 0 Å². The van der Waals surface area contributed by atoms with Gasteiger partial charge in [-0.05, 0) is 32.4 Å². The average molecular weight is 240 g/mol. The van der Waals surface area contributed by atoms with Crippen molar-refractivity contribution in [2.75, 3.05) is 20.1 Å². The Balaban J connectivity index is 2.33. The first-order valence-electron chi connectivity index (χ1n) is 5.55. The smallest absolute Gasteiger partial charge is 0.236 e. The summed E-state index contributed by atoms with van der Waals surface area (Å²) in [5, 5.41) is 3.18. The number of rotatable bonds is 5. The Morgan fingerprint density at radius 3 is 2.69 bits per heavy atom. The zero-order valence-corrected chi connectivity index (χ0v) is 11.3. The lowest BCUT2D eigenvalue weighted by Gasteiger charge is -2.14. The first-order valence-corrected chi connectivity index (χ1v) is 6.36. The van der Waals surface area contributed by atoms with Crippen molar-refractivity contribution in [2.45, 2.75) is 27.3 Å². The third kappa shape index (κ3) is 3.61. The second-order valence-electron chi connectivity index (χ2n) is 3.96. The van der Waals surface area contributed by atoms with Crippen molar-refractivity contribution in [3.8, 4) is 0 Å². The van der Waals surface area contributed by atoms with Gasteiger partial charge in [0.05, 0.1) is 6.54 Å². The van der Waals surface area contributed by atoms with Gasteiger partial charge in [0, 0.05) is 29.9 Å². The molecule has 0 spiro atoms. The van der Waals surface area contributed by atoms with Gasteiger partial charge in [0.2, 0.25) is 5.91 Å². The Labute approximate surface area is 101 Å². The van der Waals surface area contributed by atoms with Crippen molar-refractivity contribution >= 4 is 17.2 Å². The fourth-order valence-electron chi connectivity index (χ4n) is 1.34. The summed E-state index contributed by atoms with van der Waals surface area (Å²) >= 11 is 1.79. The number of likely N-dealkylation sites (N-methyl/N-ethyl adjacent to an activating group) is 1. The van der Waals surface area contributed by atoms with E-state index >= 15 is 0 Å². The van der Waals surface area contributed by atoms with Gasteiger partial charge in [-0.25, -0.2) is 0 Å². The molecule has 0 aliphatic rings. The Hall–Kier alpha value is -0.870. The molecular formula is C12H20N2OS. The van der Waals surface area contributed by atoms with Crippen molar-refractivity contribution in [1.82, 2.24) is 10.2 Å². The van der Waals surface area contributed by atoms with E-state index in [4.69, 9.17) is 0 Å². The molecule has 1 N–H and O–H groups in total. The molecule has 0 aliphatic heterocycles. The molecule has 0 unspecified atom stereocenters. The summed E-state index contributed by atoms with van der Waals surface area (Å²) in [5.74, 6) is 0.146. The molecule has 3 nitrogen and oxygen atoms in total. The molecule has 0 atom stereocenters. The highest BCUT2D eigenvalue weighted by Crippen LogP contribution is 2.19. The molecule has 1 aromatic heterocycles. The van der Waals surface area contributed by atoms with E-state index < -0.39 is 0 Å². The molecule has 0 aromatic carbocycles. The van der Waals surface area contributed by atoms with Crippen LogP contribution in [0.2, 0.25) is 0 Å². The Kier molecular flexibility index (Phi) is 4.96. The second kappa shape index (κ2) is 6.01. The number of nitrogens with one attached hydrogen (secondary N) is 1. The van der Waals surface area contributed by atoms with Crippen LogP contribution in [-0.2, 0) is 11.3 Å². The van der Waals surface area contributed by atoms with E-state index in [0.29, 0.717) is 6.54 Å². The number of carbonyl (C=O) groups excluding carboxylic acids is 1. The lowest BCUT2D eigenvalue weighted by atomic mass is 10.3. The van der Waals surface area contributed by atoms with E-state index in [-0.39, 0.29) is 5.91 Å². The van der Waals surface area contributed by atoms with Gasteiger partial charge in [-0.2, -0.15) is 0 Å². The zero-order chi connectivity index (χ0) is 12.1. The molecule has 0 saturated heterocycles. The summed E-state index contributed by atoms with van der Waals surface area (Å²) in [5.41, 5.74) is 1.33. The minimum Gasteiger partial charge on any atom is -0.345 e. The summed E-state index contributed by atoms with van der Waals surface area (Å²) in [7, 11) is 1.82. The molecule has 1 amide bonds. The van der Waals surface area contributed by atoms with E-state index in [9.17, 15) is 4.79 Å². The topological polar surface area (TPSA) is 32.3 Å². The Bertz CT molecular complexity index is 340. The third-order valence-electron chi connectivity index (χ3n) is 2.69. The lowest BCUT2D eigenvalue weighted by Crippen LogP contribution is -2.34. The van der Waals surface area contributed by atoms with E-state index in [1.807, 2.05) is 14.0 Å². The molecule has 0 radical (unpaired) electrons. The molecule has 0 fully saturated rings. The van der Waals surface area contributed by atoms with Crippen molar-refractivity contribution in [2.24, 2.45) is 0 Å². The fraction of sp³-hybridized carbons (Fsp3) is 0.583. The van der Waals surface area contributed by atoms with Gasteiger partial charge in [0.25, 0.3) is 0 Å². The zero-order valence-electron chi connectivity index (χ0n) is 10.5. The van der Waals surface area contributed by atoms with Crippen LogP contribution in [0.15, 0.2) is 6.07 Å².